The third-order valence-electron chi connectivity index (χ3n) is 4.93. The molecule has 0 bridgehead atoms. The summed E-state index contributed by atoms with van der Waals surface area (Å²) in [7, 11) is 2.03. The molecule has 0 unspecified atom stereocenters. The zero-order valence-corrected chi connectivity index (χ0v) is 18.9. The number of nitrogens with one attached hydrogen (secondary N) is 2. The molecule has 0 saturated carbocycles. The second kappa shape index (κ2) is 10.9. The van der Waals surface area contributed by atoms with E-state index in [4.69, 9.17) is 5.41 Å². The summed E-state index contributed by atoms with van der Waals surface area (Å²) < 4.78 is 12.8. The fourth-order valence-electron chi connectivity index (χ4n) is 2.99. The van der Waals surface area contributed by atoms with Gasteiger partial charge in [0.2, 0.25) is 0 Å². The number of nitrogens with zero attached hydrogens (tertiary/aromatic N) is 3. The second-order valence-electron chi connectivity index (χ2n) is 8.21. The number of aromatic nitrogens is 2. The van der Waals surface area contributed by atoms with Crippen molar-refractivity contribution in [3.63, 3.8) is 0 Å². The monoisotopic (exact) mass is 443 g/mol. The molecule has 1 aromatic carbocycles. The van der Waals surface area contributed by atoms with Gasteiger partial charge in [-0.05, 0) is 69.3 Å². The van der Waals surface area contributed by atoms with Gasteiger partial charge < -0.3 is 25.3 Å². The van der Waals surface area contributed by atoms with Gasteiger partial charge in [0.05, 0.1) is 17.6 Å². The lowest BCUT2D eigenvalue weighted by Gasteiger charge is -2.35. The molecule has 0 aliphatic carbocycles. The molecular weight excluding hydrogens is 413 g/mol. The number of aldehydes is 1. The Morgan fingerprint density at radius 1 is 1.22 bits per heavy atom. The number of hydrogen-bond donors (Lipinski definition) is 3. The summed E-state index contributed by atoms with van der Waals surface area (Å²) in [4.78, 5) is 32.9. The molecule has 1 fully saturated rings. The molecular formula is C23H30FN5O3. The number of imidazole rings is 1. The fraction of sp³-hybridized carbons (Fsp3) is 0.391. The van der Waals surface area contributed by atoms with Gasteiger partial charge in [-0.15, -0.1) is 0 Å². The second-order valence-corrected chi connectivity index (χ2v) is 8.21. The molecule has 0 radical (unpaired) electrons. The minimum absolute atomic E-state index is 0.166. The number of likely N-dealkylation sites (N-methyl/N-ethyl adjacent to an activating group) is 1. The third-order valence-corrected chi connectivity index (χ3v) is 4.93. The summed E-state index contributed by atoms with van der Waals surface area (Å²) >= 11 is 0. The summed E-state index contributed by atoms with van der Waals surface area (Å²) in [6, 6.07) is 5.70. The van der Waals surface area contributed by atoms with E-state index >= 15 is 0 Å². The van der Waals surface area contributed by atoms with E-state index in [2.05, 4.69) is 14.9 Å². The number of carbonyl (C=O) groups is 2. The molecule has 32 heavy (non-hydrogen) atoms. The molecule has 0 spiro atoms. The van der Waals surface area contributed by atoms with Crippen LogP contribution in [0.15, 0.2) is 36.5 Å². The molecule has 1 aliphatic rings. The van der Waals surface area contributed by atoms with Crippen molar-refractivity contribution in [3.05, 3.63) is 59.4 Å². The van der Waals surface area contributed by atoms with E-state index in [1.165, 1.54) is 32.2 Å². The zero-order chi connectivity index (χ0) is 23.9. The van der Waals surface area contributed by atoms with Gasteiger partial charge >= 0.3 is 0 Å². The topological polar surface area (TPSA) is 113 Å². The molecule has 2 heterocycles. The van der Waals surface area contributed by atoms with Crippen molar-refractivity contribution < 1.29 is 19.1 Å². The lowest BCUT2D eigenvalue weighted by molar-refractivity contribution is -0.149. The van der Waals surface area contributed by atoms with Gasteiger partial charge in [0.25, 0.3) is 5.91 Å². The number of halogens is 1. The number of H-pyrrole nitrogens is 1. The lowest BCUT2D eigenvalue weighted by Crippen LogP contribution is -2.53. The molecule has 1 saturated heterocycles. The van der Waals surface area contributed by atoms with Crippen molar-refractivity contribution >= 4 is 23.5 Å². The van der Waals surface area contributed by atoms with Crippen molar-refractivity contribution in [1.29, 1.82) is 5.41 Å². The third kappa shape index (κ3) is 7.21. The first kappa shape index (κ1) is 25.1. The van der Waals surface area contributed by atoms with Crippen LogP contribution in [-0.2, 0) is 4.79 Å². The maximum Gasteiger partial charge on any atom is 0.254 e. The van der Waals surface area contributed by atoms with Crippen molar-refractivity contribution in [1.82, 2.24) is 19.8 Å². The molecule has 1 amide bonds. The van der Waals surface area contributed by atoms with Gasteiger partial charge in [-0.25, -0.2) is 9.37 Å². The number of aromatic amines is 1. The Morgan fingerprint density at radius 3 is 2.31 bits per heavy atom. The van der Waals surface area contributed by atoms with E-state index in [0.717, 1.165) is 31.8 Å². The number of allylic oxidation sites excluding steroid dienone is 2. The standard InChI is InChI=1S/C14H12FN3O.C9H18N2O2/c1-9(14-17-7-12(8-19)18-14)6-13(16)10-2-4-11(15)5-3-10;1-9(2,13)8(12)11-6-4-10(3)5-7-11/h2-8,16H,1H3,(H,17,18);13H,4-7H2,1-3H3/b9-6-,16-13?;. The molecule has 172 valence electrons. The van der Waals surface area contributed by atoms with Crippen molar-refractivity contribution in [2.24, 2.45) is 0 Å². The maximum atomic E-state index is 12.8. The highest BCUT2D eigenvalue weighted by Crippen LogP contribution is 2.12. The normalized spacial score (nSPS) is 15.1. The largest absolute Gasteiger partial charge is 0.381 e. The number of piperazine rings is 1. The summed E-state index contributed by atoms with van der Waals surface area (Å²) in [5.41, 5.74) is 0.749. The van der Waals surface area contributed by atoms with Gasteiger partial charge in [-0.3, -0.25) is 9.59 Å². The van der Waals surface area contributed by atoms with Crippen molar-refractivity contribution in [2.75, 3.05) is 33.2 Å². The maximum absolute atomic E-state index is 12.8. The van der Waals surface area contributed by atoms with Gasteiger partial charge in [-0.1, -0.05) is 0 Å². The Hall–Kier alpha value is -3.17. The van der Waals surface area contributed by atoms with Crippen LogP contribution in [0.4, 0.5) is 4.39 Å². The first-order chi connectivity index (χ1) is 15.0. The molecule has 1 aliphatic heterocycles. The lowest BCUT2D eigenvalue weighted by atomic mass is 10.1. The van der Waals surface area contributed by atoms with Gasteiger partial charge in [0.15, 0.2) is 6.29 Å². The first-order valence-electron chi connectivity index (χ1n) is 10.2. The Morgan fingerprint density at radius 2 is 1.81 bits per heavy atom. The van der Waals surface area contributed by atoms with Crippen LogP contribution in [0.1, 0.15) is 42.6 Å². The number of rotatable bonds is 5. The van der Waals surface area contributed by atoms with E-state index in [9.17, 15) is 19.1 Å². The van der Waals surface area contributed by atoms with Gasteiger partial charge in [0, 0.05) is 26.2 Å². The molecule has 9 heteroatoms. The van der Waals surface area contributed by atoms with Crippen molar-refractivity contribution in [2.45, 2.75) is 26.4 Å². The Kier molecular flexibility index (Phi) is 8.56. The highest BCUT2D eigenvalue weighted by atomic mass is 19.1. The van der Waals surface area contributed by atoms with Crippen LogP contribution >= 0.6 is 0 Å². The number of benzene rings is 1. The number of hydrogen-bond acceptors (Lipinski definition) is 6. The Labute approximate surface area is 187 Å². The van der Waals surface area contributed by atoms with E-state index in [1.807, 2.05) is 7.05 Å². The fourth-order valence-corrected chi connectivity index (χ4v) is 2.99. The van der Waals surface area contributed by atoms with Crippen LogP contribution in [0, 0.1) is 11.2 Å². The predicted molar refractivity (Wildman–Crippen MR) is 121 cm³/mol. The SMILES string of the molecule is C/C(=C/C(=N)c1ccc(F)cc1)c1ncc(C=O)[nH]1.CN1CCN(C(=O)C(C)(C)O)CC1. The van der Waals surface area contributed by atoms with E-state index in [-0.39, 0.29) is 17.4 Å². The highest BCUT2D eigenvalue weighted by Gasteiger charge is 2.30. The number of amides is 1. The number of carbonyl (C=O) groups excluding carboxylic acids is 2. The molecule has 8 nitrogen and oxygen atoms in total. The summed E-state index contributed by atoms with van der Waals surface area (Å²) in [6.45, 7) is 8.08. The highest BCUT2D eigenvalue weighted by molar-refractivity contribution is 6.09. The average molecular weight is 444 g/mol. The van der Waals surface area contributed by atoms with Crippen LogP contribution < -0.4 is 0 Å². The number of aliphatic hydroxyl groups is 1. The summed E-state index contributed by atoms with van der Waals surface area (Å²) in [6.07, 6.45) is 3.72. The minimum Gasteiger partial charge on any atom is -0.381 e. The quantitative estimate of drug-likeness (QED) is 0.485. The first-order valence-corrected chi connectivity index (χ1v) is 10.2. The van der Waals surface area contributed by atoms with E-state index in [1.54, 1.807) is 30.0 Å². The summed E-state index contributed by atoms with van der Waals surface area (Å²) in [5.74, 6) is 0.0356. The average Bonchev–Trinajstić information content (AvgIpc) is 3.23. The van der Waals surface area contributed by atoms with E-state index < -0.39 is 5.60 Å². The van der Waals surface area contributed by atoms with Crippen LogP contribution in [0.5, 0.6) is 0 Å². The van der Waals surface area contributed by atoms with Crippen LogP contribution in [0.2, 0.25) is 0 Å². The van der Waals surface area contributed by atoms with Gasteiger partial charge in [-0.2, -0.15) is 0 Å². The smallest absolute Gasteiger partial charge is 0.254 e. The van der Waals surface area contributed by atoms with Crippen LogP contribution in [0.3, 0.4) is 0 Å². The molecule has 3 N–H and O–H groups in total. The van der Waals surface area contributed by atoms with Crippen molar-refractivity contribution in [3.8, 4) is 0 Å². The predicted octanol–water partition coefficient (Wildman–Crippen LogP) is 2.36. The molecule has 3 rings (SSSR count). The Bertz CT molecular complexity index is 968. The van der Waals surface area contributed by atoms with Crippen LogP contribution in [0.25, 0.3) is 5.57 Å². The zero-order valence-electron chi connectivity index (χ0n) is 18.9. The summed E-state index contributed by atoms with van der Waals surface area (Å²) in [5, 5.41) is 17.4. The van der Waals surface area contributed by atoms with Gasteiger partial charge in [0.1, 0.15) is 17.2 Å². The molecule has 1 aromatic heterocycles. The Balaban J connectivity index is 0.000000244. The minimum atomic E-state index is -1.23. The van der Waals surface area contributed by atoms with Crippen LogP contribution in [-0.4, -0.2) is 81.6 Å². The molecule has 0 atom stereocenters. The molecule has 2 aromatic rings. The van der Waals surface area contributed by atoms with E-state index in [0.29, 0.717) is 23.4 Å².